The van der Waals surface area contributed by atoms with Gasteiger partial charge in [0, 0.05) is 92.3 Å². The Morgan fingerprint density at radius 2 is 0.960 bits per heavy atom. The van der Waals surface area contributed by atoms with Gasteiger partial charge < -0.3 is 40.5 Å². The van der Waals surface area contributed by atoms with Gasteiger partial charge in [-0.1, -0.05) is 31.9 Å². The Hall–Kier alpha value is -2.06. The normalized spacial score (nSPS) is 18.4. The third-order valence-corrected chi connectivity index (χ3v) is 9.00. The number of hydrogen-bond acceptors (Lipinski definition) is 12. The number of hydrogen-bond donors (Lipinski definition) is 7. The summed E-state index contributed by atoms with van der Waals surface area (Å²) in [5.41, 5.74) is 1.08. The number of aryl methyl sites for hydroxylation is 1. The van der Waals surface area contributed by atoms with Crippen molar-refractivity contribution >= 4 is 23.9 Å². The first-order valence-electron chi connectivity index (χ1n) is 16.9. The Labute approximate surface area is 325 Å². The van der Waals surface area contributed by atoms with Crippen LogP contribution in [-0.4, -0.2) is 182 Å². The van der Waals surface area contributed by atoms with Crippen molar-refractivity contribution in [3.05, 3.63) is 29.8 Å². The van der Waals surface area contributed by atoms with Crippen LogP contribution in [-0.2, 0) is 25.6 Å². The van der Waals surface area contributed by atoms with Crippen LogP contribution < -0.4 is 4.74 Å². The van der Waals surface area contributed by atoms with Gasteiger partial charge in [0.25, 0.3) is 0 Å². The van der Waals surface area contributed by atoms with Gasteiger partial charge in [0.05, 0.1) is 26.4 Å². The SMILES string of the molecule is CCCCOc1ccc(CCCC[C@@H](C(=O)O)N2CCN(C(CO)C(=O)O)CCN([C@@H](CO)C(=O)O)CCN([C@@H](CO)C(=O)O)CC2)cc1.[Gd]. The molecule has 1 fully saturated rings. The molecule has 1 aromatic carbocycles. The monoisotopic (exact) mass is 856 g/mol. The number of carbonyl (C=O) groups is 4. The predicted molar refractivity (Wildman–Crippen MR) is 178 cm³/mol. The van der Waals surface area contributed by atoms with Gasteiger partial charge >= 0.3 is 23.9 Å². The minimum atomic E-state index is -1.37. The molecule has 1 aliphatic heterocycles. The van der Waals surface area contributed by atoms with Crippen molar-refractivity contribution in [2.45, 2.75) is 69.6 Å². The molecule has 0 spiro atoms. The molecule has 0 saturated carbocycles. The van der Waals surface area contributed by atoms with Gasteiger partial charge in [0.1, 0.15) is 29.9 Å². The fraction of sp³-hybridized carbons (Fsp3) is 0.697. The van der Waals surface area contributed by atoms with Crippen LogP contribution >= 0.6 is 0 Å². The molecule has 0 aliphatic carbocycles. The summed E-state index contributed by atoms with van der Waals surface area (Å²) in [7, 11) is 0. The molecule has 286 valence electrons. The molecule has 1 unspecified atom stereocenters. The van der Waals surface area contributed by atoms with Crippen molar-refractivity contribution in [3.8, 4) is 5.75 Å². The van der Waals surface area contributed by atoms with Crippen LogP contribution in [0.25, 0.3) is 0 Å². The van der Waals surface area contributed by atoms with Gasteiger partial charge in [0.15, 0.2) is 0 Å². The zero-order valence-electron chi connectivity index (χ0n) is 28.7. The van der Waals surface area contributed by atoms with Gasteiger partial charge in [-0.05, 0) is 43.4 Å². The molecule has 1 aliphatic rings. The average molecular weight is 856 g/mol. The summed E-state index contributed by atoms with van der Waals surface area (Å²) in [4.78, 5) is 54.6. The fourth-order valence-corrected chi connectivity index (χ4v) is 5.99. The summed E-state index contributed by atoms with van der Waals surface area (Å²) in [5.74, 6) is -4.24. The van der Waals surface area contributed by atoms with E-state index in [9.17, 15) is 54.9 Å². The van der Waals surface area contributed by atoms with Gasteiger partial charge in [-0.3, -0.25) is 38.8 Å². The Morgan fingerprint density at radius 3 is 1.28 bits per heavy atom. The number of benzene rings is 1. The molecule has 50 heavy (non-hydrogen) atoms. The molecule has 1 aromatic rings. The van der Waals surface area contributed by atoms with Crippen molar-refractivity contribution in [3.63, 3.8) is 0 Å². The van der Waals surface area contributed by atoms with Crippen LogP contribution in [0.2, 0.25) is 0 Å². The second kappa shape index (κ2) is 25.0. The number of carboxylic acid groups (broad SMARTS) is 4. The van der Waals surface area contributed by atoms with Crippen LogP contribution in [0.1, 0.15) is 44.6 Å². The third-order valence-electron chi connectivity index (χ3n) is 9.00. The van der Waals surface area contributed by atoms with E-state index in [1.807, 2.05) is 24.3 Å². The largest absolute Gasteiger partial charge is 0.494 e. The van der Waals surface area contributed by atoms with Crippen LogP contribution in [0.15, 0.2) is 24.3 Å². The van der Waals surface area contributed by atoms with Gasteiger partial charge in [-0.25, -0.2) is 0 Å². The number of aliphatic hydroxyl groups is 3. The third kappa shape index (κ3) is 15.3. The molecule has 1 heterocycles. The zero-order valence-corrected chi connectivity index (χ0v) is 30.9. The van der Waals surface area contributed by atoms with E-state index in [0.717, 1.165) is 30.6 Å². The molecule has 17 heteroatoms. The van der Waals surface area contributed by atoms with Crippen molar-refractivity contribution in [1.29, 1.82) is 0 Å². The van der Waals surface area contributed by atoms with E-state index >= 15 is 0 Å². The van der Waals surface area contributed by atoms with E-state index in [0.29, 0.717) is 19.4 Å². The maximum atomic E-state index is 12.6. The molecular weight excluding hydrogens is 802 g/mol. The Kier molecular flexibility index (Phi) is 23.0. The topological polar surface area (TPSA) is 232 Å². The molecule has 0 aromatic heterocycles. The molecule has 0 radical (unpaired) electrons. The first kappa shape index (κ1) is 46.0. The summed E-state index contributed by atoms with van der Waals surface area (Å²) >= 11 is 0. The minimum absolute atomic E-state index is 0. The van der Waals surface area contributed by atoms with Gasteiger partial charge in [-0.2, -0.15) is 0 Å². The molecule has 16 nitrogen and oxygen atoms in total. The molecule has 7 N–H and O–H groups in total. The van der Waals surface area contributed by atoms with Crippen LogP contribution in [0.3, 0.4) is 0 Å². The van der Waals surface area contributed by atoms with Gasteiger partial charge in [0.2, 0.25) is 0 Å². The molecule has 4 atom stereocenters. The van der Waals surface area contributed by atoms with Crippen LogP contribution in [0.4, 0.5) is 0 Å². The van der Waals surface area contributed by atoms with Gasteiger partial charge in [-0.15, -0.1) is 0 Å². The van der Waals surface area contributed by atoms with Crippen molar-refractivity contribution < 1.29 is 99.6 Å². The van der Waals surface area contributed by atoms with E-state index in [2.05, 4.69) is 6.92 Å². The molecule has 0 amide bonds. The van der Waals surface area contributed by atoms with E-state index < -0.39 is 67.9 Å². The Bertz CT molecular complexity index is 1130. The number of unbranched alkanes of at least 4 members (excludes halogenated alkanes) is 2. The summed E-state index contributed by atoms with van der Waals surface area (Å²) in [5, 5.41) is 69.3. The minimum Gasteiger partial charge on any atom is -0.494 e. The van der Waals surface area contributed by atoms with Crippen LogP contribution in [0, 0.1) is 39.9 Å². The number of nitrogens with zero attached hydrogens (tertiary/aromatic N) is 4. The second-order valence-corrected chi connectivity index (χ2v) is 12.2. The predicted octanol–water partition coefficient (Wildman–Crippen LogP) is -0.410. The molecule has 0 bridgehead atoms. The van der Waals surface area contributed by atoms with E-state index in [1.54, 1.807) is 4.90 Å². The molecule has 2 rings (SSSR count). The Morgan fingerprint density at radius 1 is 0.600 bits per heavy atom. The fourth-order valence-electron chi connectivity index (χ4n) is 5.99. The smallest absolute Gasteiger partial charge is 0.323 e. The number of aliphatic carboxylic acids is 4. The summed E-state index contributed by atoms with van der Waals surface area (Å²) in [6.07, 6.45) is 4.26. The number of ether oxygens (including phenoxy) is 1. The van der Waals surface area contributed by atoms with Crippen molar-refractivity contribution in [2.24, 2.45) is 0 Å². The van der Waals surface area contributed by atoms with E-state index in [4.69, 9.17) is 4.74 Å². The van der Waals surface area contributed by atoms with Crippen molar-refractivity contribution in [1.82, 2.24) is 19.6 Å². The maximum Gasteiger partial charge on any atom is 0.323 e. The number of carboxylic acids is 4. The molecule has 1 saturated heterocycles. The summed E-state index contributed by atoms with van der Waals surface area (Å²) in [6.45, 7) is 0.410. The zero-order chi connectivity index (χ0) is 36.3. The maximum absolute atomic E-state index is 12.6. The summed E-state index contributed by atoms with van der Waals surface area (Å²) < 4.78 is 5.71. The first-order chi connectivity index (χ1) is 23.5. The number of rotatable bonds is 20. The quantitative estimate of drug-likeness (QED) is 0.0827. The molecular formula is C33H54GdN4O12. The second-order valence-electron chi connectivity index (χ2n) is 12.2. The van der Waals surface area contributed by atoms with Crippen LogP contribution in [0.5, 0.6) is 5.75 Å². The van der Waals surface area contributed by atoms with Crippen molar-refractivity contribution in [2.75, 3.05) is 78.8 Å². The van der Waals surface area contributed by atoms with E-state index in [-0.39, 0.29) is 98.7 Å². The number of aliphatic hydroxyl groups excluding tert-OH is 3. The summed E-state index contributed by atoms with van der Waals surface area (Å²) in [6, 6.07) is 2.74. The Balaban J connectivity index is 0.0000125. The standard InChI is InChI=1S/C33H54N4O12.Gd/c1-2-3-20-49-25-10-8-24(9-11-25)6-4-5-7-26(30(41)42)34-12-14-35(27(21-38)31(43)44)16-18-37(29(23-40)33(47)48)19-17-36(15-13-34)28(22-39)32(45)46;/h8-11,26-29,38-40H,2-7,12-23H2,1H3,(H,41,42)(H,43,44)(H,45,46)(H,47,48);/t26-,27-,28?,29-;/m0./s1. The first-order valence-corrected chi connectivity index (χ1v) is 16.9. The average Bonchev–Trinajstić information content (AvgIpc) is 3.05. The van der Waals surface area contributed by atoms with E-state index in [1.165, 1.54) is 14.7 Å².